The molecule has 2 aliphatic heterocycles. The first-order valence-corrected chi connectivity index (χ1v) is 15.1. The Morgan fingerprint density at radius 1 is 0.947 bits per heavy atom. The van der Waals surface area contributed by atoms with Crippen LogP contribution in [-0.2, 0) is 20.3 Å². The highest BCUT2D eigenvalue weighted by Crippen LogP contribution is 2.35. The Bertz CT molecular complexity index is 1270. The minimum Gasteiger partial charge on any atom is -0.494 e. The molecule has 0 saturated carbocycles. The van der Waals surface area contributed by atoms with Crippen molar-refractivity contribution in [2.75, 3.05) is 46.0 Å². The van der Waals surface area contributed by atoms with E-state index in [9.17, 15) is 8.42 Å². The van der Waals surface area contributed by atoms with Gasteiger partial charge in [-0.15, -0.1) is 0 Å². The van der Waals surface area contributed by atoms with Crippen LogP contribution in [0.25, 0.3) is 0 Å². The number of hydrogen-bond acceptors (Lipinski definition) is 6. The summed E-state index contributed by atoms with van der Waals surface area (Å²) < 4.78 is 37.8. The molecule has 38 heavy (non-hydrogen) atoms. The van der Waals surface area contributed by atoms with Gasteiger partial charge >= 0.3 is 0 Å². The van der Waals surface area contributed by atoms with E-state index in [1.165, 1.54) is 5.41 Å². The quantitative estimate of drug-likeness (QED) is 0.370. The molecule has 0 spiro atoms. The number of morpholine rings is 1. The highest BCUT2D eigenvalue weighted by Gasteiger charge is 2.34. The first-order valence-electron chi connectivity index (χ1n) is 13.4. The molecular weight excluding hydrogens is 496 g/mol. The van der Waals surface area contributed by atoms with Gasteiger partial charge in [0.25, 0.3) is 0 Å². The molecule has 0 aliphatic carbocycles. The SMILES string of the molecule is O=S(=O)(C=C1CNC1C(c1ccccc1)c1ccccc1)Cc1cccc(OCCCN2CCOCC2)c1. The van der Waals surface area contributed by atoms with Gasteiger partial charge in [0, 0.05) is 43.5 Å². The lowest BCUT2D eigenvalue weighted by molar-refractivity contribution is 0.0358. The molecule has 2 aliphatic rings. The molecule has 3 aromatic rings. The van der Waals surface area contributed by atoms with Crippen molar-refractivity contribution in [2.24, 2.45) is 0 Å². The summed E-state index contributed by atoms with van der Waals surface area (Å²) in [5.74, 6) is 0.709. The molecule has 3 aromatic carbocycles. The molecule has 1 N–H and O–H groups in total. The molecule has 0 radical (unpaired) electrons. The number of nitrogens with one attached hydrogen (secondary N) is 1. The smallest absolute Gasteiger partial charge is 0.175 e. The van der Waals surface area contributed by atoms with Crippen LogP contribution in [0.2, 0.25) is 0 Å². The molecule has 5 rings (SSSR count). The summed E-state index contributed by atoms with van der Waals surface area (Å²) >= 11 is 0. The van der Waals surface area contributed by atoms with Gasteiger partial charge in [-0.05, 0) is 40.8 Å². The van der Waals surface area contributed by atoms with Gasteiger partial charge in [0.05, 0.1) is 25.6 Å². The maximum absolute atomic E-state index is 13.2. The molecule has 1 unspecified atom stereocenters. The van der Waals surface area contributed by atoms with Crippen LogP contribution in [0.5, 0.6) is 5.75 Å². The van der Waals surface area contributed by atoms with Crippen molar-refractivity contribution < 1.29 is 17.9 Å². The zero-order valence-corrected chi connectivity index (χ0v) is 22.5. The number of ether oxygens (including phenoxy) is 2. The predicted octanol–water partition coefficient (Wildman–Crippen LogP) is 4.39. The molecule has 1 atom stereocenters. The summed E-state index contributed by atoms with van der Waals surface area (Å²) in [6.45, 7) is 5.69. The van der Waals surface area contributed by atoms with E-state index in [0.717, 1.165) is 61.5 Å². The lowest BCUT2D eigenvalue weighted by Gasteiger charge is -2.38. The summed E-state index contributed by atoms with van der Waals surface area (Å²) in [6.07, 6.45) is 0.924. The number of benzene rings is 3. The standard InChI is InChI=1S/C31H36N2O4S/c34-38(35,23-25-9-7-14-29(21-25)37-18-8-15-33-16-19-36-20-17-33)24-28-22-32-31(28)30(26-10-3-1-4-11-26)27-12-5-2-6-13-27/h1-7,9-14,21,24,30-32H,8,15-20,22-23H2. The maximum Gasteiger partial charge on any atom is 0.175 e. The average molecular weight is 533 g/mol. The van der Waals surface area contributed by atoms with Gasteiger partial charge in [0.2, 0.25) is 0 Å². The zero-order chi connectivity index (χ0) is 26.2. The fourth-order valence-corrected chi connectivity index (χ4v) is 6.63. The van der Waals surface area contributed by atoms with E-state index in [-0.39, 0.29) is 17.7 Å². The Hall–Kier alpha value is -2.97. The van der Waals surface area contributed by atoms with Gasteiger partial charge in [-0.3, -0.25) is 4.90 Å². The first-order chi connectivity index (χ1) is 18.6. The third-order valence-corrected chi connectivity index (χ3v) is 8.56. The molecule has 6 nitrogen and oxygen atoms in total. The largest absolute Gasteiger partial charge is 0.494 e. The van der Waals surface area contributed by atoms with Crippen LogP contribution in [0.3, 0.4) is 0 Å². The Morgan fingerprint density at radius 2 is 1.63 bits per heavy atom. The van der Waals surface area contributed by atoms with E-state index in [1.54, 1.807) is 0 Å². The number of hydrogen-bond donors (Lipinski definition) is 1. The van der Waals surface area contributed by atoms with Gasteiger partial charge < -0.3 is 14.8 Å². The lowest BCUT2D eigenvalue weighted by Crippen LogP contribution is -2.50. The third-order valence-electron chi connectivity index (χ3n) is 7.16. The maximum atomic E-state index is 13.2. The molecule has 0 bridgehead atoms. The van der Waals surface area contributed by atoms with Crippen molar-refractivity contribution in [1.29, 1.82) is 0 Å². The van der Waals surface area contributed by atoms with Gasteiger partial charge in [-0.2, -0.15) is 0 Å². The fraction of sp³-hybridized carbons (Fsp3) is 0.355. The Balaban J connectivity index is 1.23. The second kappa shape index (κ2) is 12.7. The minimum atomic E-state index is -3.46. The topological polar surface area (TPSA) is 67.9 Å². The van der Waals surface area contributed by atoms with Crippen LogP contribution in [0.1, 0.15) is 29.0 Å². The Labute approximate surface area is 226 Å². The highest BCUT2D eigenvalue weighted by atomic mass is 32.2. The van der Waals surface area contributed by atoms with E-state index in [0.29, 0.717) is 18.9 Å². The summed E-state index contributed by atoms with van der Waals surface area (Å²) in [5, 5.41) is 4.97. The summed E-state index contributed by atoms with van der Waals surface area (Å²) in [6, 6.07) is 27.9. The van der Waals surface area contributed by atoms with E-state index in [1.807, 2.05) is 60.7 Å². The van der Waals surface area contributed by atoms with Gasteiger partial charge in [-0.25, -0.2) is 8.42 Å². The minimum absolute atomic E-state index is 0.0433. The summed E-state index contributed by atoms with van der Waals surface area (Å²) in [4.78, 5) is 2.38. The second-order valence-corrected chi connectivity index (χ2v) is 11.8. The zero-order valence-electron chi connectivity index (χ0n) is 21.7. The number of sulfone groups is 1. The van der Waals surface area contributed by atoms with Crippen LogP contribution in [-0.4, -0.2) is 65.4 Å². The summed E-state index contributed by atoms with van der Waals surface area (Å²) in [7, 11) is -3.46. The second-order valence-electron chi connectivity index (χ2n) is 9.96. The van der Waals surface area contributed by atoms with Crippen LogP contribution < -0.4 is 10.1 Å². The van der Waals surface area contributed by atoms with Crippen molar-refractivity contribution >= 4 is 9.84 Å². The van der Waals surface area contributed by atoms with Crippen LogP contribution in [0, 0.1) is 0 Å². The average Bonchev–Trinajstić information content (AvgIpc) is 2.94. The van der Waals surface area contributed by atoms with E-state index >= 15 is 0 Å². The number of rotatable bonds is 11. The molecular formula is C31H36N2O4S. The highest BCUT2D eigenvalue weighted by molar-refractivity contribution is 7.93. The molecule has 2 saturated heterocycles. The van der Waals surface area contributed by atoms with E-state index in [2.05, 4.69) is 34.5 Å². The molecule has 7 heteroatoms. The molecule has 0 amide bonds. The van der Waals surface area contributed by atoms with Crippen molar-refractivity contribution in [1.82, 2.24) is 10.2 Å². The predicted molar refractivity (Wildman–Crippen MR) is 151 cm³/mol. The Morgan fingerprint density at radius 3 is 2.26 bits per heavy atom. The van der Waals surface area contributed by atoms with Crippen molar-refractivity contribution in [3.63, 3.8) is 0 Å². The van der Waals surface area contributed by atoms with Crippen LogP contribution in [0.4, 0.5) is 0 Å². The summed E-state index contributed by atoms with van der Waals surface area (Å²) in [5.41, 5.74) is 3.98. The van der Waals surface area contributed by atoms with Crippen molar-refractivity contribution in [3.05, 3.63) is 113 Å². The molecule has 0 aromatic heterocycles. The van der Waals surface area contributed by atoms with Gasteiger partial charge in [0.1, 0.15) is 5.75 Å². The van der Waals surface area contributed by atoms with Gasteiger partial charge in [0.15, 0.2) is 9.84 Å². The Kier molecular flexibility index (Phi) is 8.91. The van der Waals surface area contributed by atoms with Gasteiger partial charge in [-0.1, -0.05) is 72.8 Å². The van der Waals surface area contributed by atoms with Crippen molar-refractivity contribution in [3.8, 4) is 5.75 Å². The fourth-order valence-electron chi connectivity index (χ4n) is 5.22. The third kappa shape index (κ3) is 7.11. The lowest BCUT2D eigenvalue weighted by atomic mass is 9.79. The van der Waals surface area contributed by atoms with E-state index in [4.69, 9.17) is 9.47 Å². The molecule has 2 heterocycles. The molecule has 2 fully saturated rings. The number of nitrogens with zero attached hydrogens (tertiary/aromatic N) is 1. The van der Waals surface area contributed by atoms with Crippen LogP contribution in [0.15, 0.2) is 95.9 Å². The van der Waals surface area contributed by atoms with Crippen molar-refractivity contribution in [2.45, 2.75) is 24.1 Å². The monoisotopic (exact) mass is 532 g/mol. The van der Waals surface area contributed by atoms with E-state index < -0.39 is 9.84 Å². The normalized spacial score (nSPS) is 19.4. The van der Waals surface area contributed by atoms with Crippen LogP contribution >= 0.6 is 0 Å². The molecule has 200 valence electrons. The first kappa shape index (κ1) is 26.6.